The van der Waals surface area contributed by atoms with Gasteiger partial charge in [-0.25, -0.2) is 21.2 Å². The molecule has 2 N–H and O–H groups in total. The summed E-state index contributed by atoms with van der Waals surface area (Å²) >= 11 is 2.10. The average molecular weight is 650 g/mol. The number of fused-ring (bicyclic) bond motifs is 1. The highest BCUT2D eigenvalue weighted by molar-refractivity contribution is 14.2. The fourth-order valence-corrected chi connectivity index (χ4v) is 5.64. The molecule has 4 aromatic rings. The normalized spacial score (nSPS) is 12.5. The Bertz CT molecular complexity index is 1680. The zero-order valence-corrected chi connectivity index (χ0v) is 22.9. The summed E-state index contributed by atoms with van der Waals surface area (Å²) < 4.78 is 66.8. The highest BCUT2D eigenvalue weighted by Crippen LogP contribution is 2.37. The van der Waals surface area contributed by atoms with Gasteiger partial charge in [0.1, 0.15) is 17.6 Å². The summed E-state index contributed by atoms with van der Waals surface area (Å²) in [5, 5.41) is 9.53. The Morgan fingerprint density at radius 3 is 2.62 bits per heavy atom. The summed E-state index contributed by atoms with van der Waals surface area (Å²) in [6.07, 6.45) is 4.73. The predicted molar refractivity (Wildman–Crippen MR) is 149 cm³/mol. The second-order valence-electron chi connectivity index (χ2n) is 7.67. The number of nitriles is 1. The number of halogens is 3. The molecule has 3 aromatic carbocycles. The Hall–Kier alpha value is -3.33. The lowest BCUT2D eigenvalue weighted by Crippen LogP contribution is -2.12. The van der Waals surface area contributed by atoms with E-state index in [1.165, 1.54) is 36.7 Å². The molecule has 188 valence electrons. The van der Waals surface area contributed by atoms with Gasteiger partial charge in [-0.3, -0.25) is 4.76 Å². The van der Waals surface area contributed by atoms with E-state index >= 15 is 4.39 Å². The fraction of sp³-hybridized carbons (Fsp3) is 0.0400. The maximum absolute atomic E-state index is 15.6. The van der Waals surface area contributed by atoms with E-state index in [0.717, 1.165) is 22.2 Å². The van der Waals surface area contributed by atoms with Gasteiger partial charge in [0.05, 0.1) is 22.3 Å². The third-order valence-electron chi connectivity index (χ3n) is 5.34. The van der Waals surface area contributed by atoms with E-state index in [1.54, 1.807) is 30.3 Å². The first-order chi connectivity index (χ1) is 17.8. The Morgan fingerprint density at radius 1 is 1.16 bits per heavy atom. The van der Waals surface area contributed by atoms with E-state index in [2.05, 4.69) is 26.8 Å². The van der Waals surface area contributed by atoms with E-state index in [1.807, 2.05) is 0 Å². The summed E-state index contributed by atoms with van der Waals surface area (Å²) in [6.45, 7) is 0. The molecule has 0 aliphatic heterocycles. The van der Waals surface area contributed by atoms with Gasteiger partial charge in [0.15, 0.2) is 11.6 Å². The van der Waals surface area contributed by atoms with Gasteiger partial charge in [-0.1, -0.05) is 18.2 Å². The zero-order chi connectivity index (χ0) is 26.6. The molecule has 0 amide bonds. The molecule has 7 nitrogen and oxygen atoms in total. The molecule has 0 spiro atoms. The molecule has 1 unspecified atom stereocenters. The van der Waals surface area contributed by atoms with Crippen molar-refractivity contribution >= 4 is 55.6 Å². The van der Waals surface area contributed by atoms with Crippen LogP contribution in [0.15, 0.2) is 88.3 Å². The first kappa shape index (κ1) is 26.7. The lowest BCUT2D eigenvalue weighted by atomic mass is 10.0. The van der Waals surface area contributed by atoms with Crippen LogP contribution in [-0.2, 0) is 16.4 Å². The van der Waals surface area contributed by atoms with Crippen molar-refractivity contribution < 1.29 is 21.9 Å². The molecule has 0 saturated heterocycles. The average Bonchev–Trinajstić information content (AvgIpc) is 3.32. The van der Waals surface area contributed by atoms with Gasteiger partial charge in [0.2, 0.25) is 0 Å². The maximum atomic E-state index is 15.6. The van der Waals surface area contributed by atoms with E-state index in [4.69, 9.17) is 15.7 Å². The van der Waals surface area contributed by atoms with Gasteiger partial charge in [-0.05, 0) is 58.4 Å². The minimum atomic E-state index is -4.02. The lowest BCUT2D eigenvalue weighted by molar-refractivity contribution is 0.437. The van der Waals surface area contributed by atoms with Crippen LogP contribution in [0.5, 0.6) is 11.5 Å². The van der Waals surface area contributed by atoms with Crippen molar-refractivity contribution in [3.63, 3.8) is 0 Å². The first-order valence-corrected chi connectivity index (χ1v) is 16.1. The summed E-state index contributed by atoms with van der Waals surface area (Å²) in [6, 6.07) is 15.6. The summed E-state index contributed by atoms with van der Waals surface area (Å²) in [5.74, 6) is -1.79. The van der Waals surface area contributed by atoms with Gasteiger partial charge in [0, 0.05) is 47.6 Å². The van der Waals surface area contributed by atoms with Crippen molar-refractivity contribution in [1.82, 2.24) is 3.97 Å². The van der Waals surface area contributed by atoms with Crippen molar-refractivity contribution in [2.24, 2.45) is 10.5 Å². The molecule has 0 bridgehead atoms. The smallest absolute Gasteiger partial charge is 0.268 e. The van der Waals surface area contributed by atoms with E-state index in [9.17, 15) is 12.8 Å². The first-order valence-electron chi connectivity index (χ1n) is 10.6. The summed E-state index contributed by atoms with van der Waals surface area (Å²) in [4.78, 5) is 0.0420. The molecule has 0 radical (unpaired) electrons. The van der Waals surface area contributed by atoms with Crippen molar-refractivity contribution in [1.29, 1.82) is 5.26 Å². The van der Waals surface area contributed by atoms with Crippen LogP contribution in [-0.4, -0.2) is 18.6 Å². The molecule has 0 aliphatic rings. The second kappa shape index (κ2) is 11.4. The number of aromatic nitrogens is 1. The van der Waals surface area contributed by atoms with Gasteiger partial charge in [-0.15, -0.1) is 0 Å². The third kappa shape index (κ3) is 5.66. The standard InChI is InChI=1S/C25H18F2IN4O3PS/c26-22-7-6-18(12-16(22)15-29)35-25-21(13-17(30)8-10-31-36-28)20-9-11-32(24(20)14-23(25)27)37(33,34)19-4-2-1-3-5-19/h1-12,14,36H,13,30H2/b17-8-,31-10+. The van der Waals surface area contributed by atoms with E-state index < -0.39 is 21.7 Å². The predicted octanol–water partition coefficient (Wildman–Crippen LogP) is 6.22. The molecule has 12 heteroatoms. The molecule has 1 heterocycles. The highest BCUT2D eigenvalue weighted by atomic mass is 127. The fourth-order valence-electron chi connectivity index (χ4n) is 3.67. The third-order valence-corrected chi connectivity index (χ3v) is 8.13. The summed E-state index contributed by atoms with van der Waals surface area (Å²) in [5.41, 5.74) is 6.60. The number of hydrogen-bond acceptors (Lipinski definition) is 6. The van der Waals surface area contributed by atoms with Crippen molar-refractivity contribution in [3.8, 4) is 17.6 Å². The van der Waals surface area contributed by atoms with Crippen LogP contribution >= 0.6 is 28.4 Å². The topological polar surface area (TPSA) is 110 Å². The van der Waals surface area contributed by atoms with Gasteiger partial charge < -0.3 is 10.5 Å². The largest absolute Gasteiger partial charge is 0.454 e. The van der Waals surface area contributed by atoms with E-state index in [-0.39, 0.29) is 39.5 Å². The number of ether oxygens (including phenoxy) is 1. The lowest BCUT2D eigenvalue weighted by Gasteiger charge is -2.15. The highest BCUT2D eigenvalue weighted by Gasteiger charge is 2.24. The van der Waals surface area contributed by atoms with Crippen molar-refractivity contribution in [2.75, 3.05) is 0 Å². The second-order valence-corrected chi connectivity index (χ2v) is 11.4. The van der Waals surface area contributed by atoms with E-state index in [0.29, 0.717) is 17.5 Å². The summed E-state index contributed by atoms with van der Waals surface area (Å²) in [7, 11) is -4.02. The minimum absolute atomic E-state index is 0.00166. The van der Waals surface area contributed by atoms with Crippen molar-refractivity contribution in [3.05, 3.63) is 101 Å². The minimum Gasteiger partial charge on any atom is -0.454 e. The molecule has 0 saturated carbocycles. The molecule has 37 heavy (non-hydrogen) atoms. The van der Waals surface area contributed by atoms with Crippen molar-refractivity contribution in [2.45, 2.75) is 11.3 Å². The molecule has 0 aliphatic carbocycles. The van der Waals surface area contributed by atoms with Gasteiger partial charge in [-0.2, -0.15) is 5.26 Å². The molecule has 4 rings (SSSR count). The SMILES string of the molecule is N#Cc1cc(Oc2c(F)cc3c(ccn3S(=O)(=O)c3ccccc3)c2C/C(N)=C/C=N/PI)ccc1F. The van der Waals surface area contributed by atoms with Crippen LogP contribution in [0.25, 0.3) is 10.9 Å². The molecule has 1 aromatic heterocycles. The van der Waals surface area contributed by atoms with Crippen LogP contribution in [0.2, 0.25) is 0 Å². The number of nitrogens with two attached hydrogens (primary N) is 1. The molecular formula is C25H18F2IN4O3PS. The Kier molecular flexibility index (Phi) is 8.22. The van der Waals surface area contributed by atoms with Crippen LogP contribution in [0, 0.1) is 23.0 Å². The van der Waals surface area contributed by atoms with Gasteiger partial charge in [0.25, 0.3) is 10.0 Å². The number of hydrogen-bond donors (Lipinski definition) is 1. The Balaban J connectivity index is 1.90. The number of allylic oxidation sites excluding steroid dienone is 2. The number of nitrogens with zero attached hydrogens (tertiary/aromatic N) is 3. The zero-order valence-electron chi connectivity index (χ0n) is 18.9. The monoisotopic (exact) mass is 650 g/mol. The quantitative estimate of drug-likeness (QED) is 0.138. The number of rotatable bonds is 8. The Morgan fingerprint density at radius 2 is 1.92 bits per heavy atom. The van der Waals surface area contributed by atoms with Crippen LogP contribution in [0.3, 0.4) is 0 Å². The molecular weight excluding hydrogens is 632 g/mol. The Labute approximate surface area is 226 Å². The van der Waals surface area contributed by atoms with Gasteiger partial charge >= 0.3 is 0 Å². The molecule has 1 atom stereocenters. The number of benzene rings is 3. The maximum Gasteiger partial charge on any atom is 0.268 e. The van der Waals surface area contributed by atoms with Crippen LogP contribution < -0.4 is 10.5 Å². The van der Waals surface area contributed by atoms with Crippen LogP contribution in [0.1, 0.15) is 11.1 Å². The van der Waals surface area contributed by atoms with Crippen LogP contribution in [0.4, 0.5) is 8.78 Å². The molecule has 0 fully saturated rings.